The zero-order valence-corrected chi connectivity index (χ0v) is 9.75. The van der Waals surface area contributed by atoms with Gasteiger partial charge in [-0.05, 0) is 12.1 Å². The second-order valence-electron chi connectivity index (χ2n) is 3.84. The highest BCUT2D eigenvalue weighted by atomic mass is 19.2. The van der Waals surface area contributed by atoms with Crippen molar-refractivity contribution in [3.05, 3.63) is 59.2 Å². The molecule has 0 saturated heterocycles. The molecule has 0 fully saturated rings. The Morgan fingerprint density at radius 3 is 2.15 bits per heavy atom. The lowest BCUT2D eigenvalue weighted by atomic mass is 10.1. The molecule has 1 amide bonds. The first-order chi connectivity index (χ1) is 9.40. The van der Waals surface area contributed by atoms with E-state index >= 15 is 0 Å². The number of carbonyl (C=O) groups excluding carboxylic acids is 1. The zero-order valence-electron chi connectivity index (χ0n) is 9.75. The number of rotatable bonds is 2. The Balaban J connectivity index is 2.33. The van der Waals surface area contributed by atoms with Gasteiger partial charge in [0.15, 0.2) is 17.5 Å². The van der Waals surface area contributed by atoms with Crippen LogP contribution in [0.25, 0.3) is 0 Å². The van der Waals surface area contributed by atoms with Gasteiger partial charge in [0, 0.05) is 17.8 Å². The van der Waals surface area contributed by atoms with Crippen LogP contribution in [0.4, 0.5) is 23.2 Å². The number of nitrogens with one attached hydrogen (secondary N) is 1. The molecule has 3 nitrogen and oxygen atoms in total. The van der Waals surface area contributed by atoms with Crippen molar-refractivity contribution in [1.29, 1.82) is 0 Å². The molecule has 0 spiro atoms. The van der Waals surface area contributed by atoms with E-state index in [1.165, 1.54) is 6.07 Å². The number of benzene rings is 2. The van der Waals surface area contributed by atoms with Gasteiger partial charge >= 0.3 is 0 Å². The lowest BCUT2D eigenvalue weighted by molar-refractivity contribution is 0.102. The third kappa shape index (κ3) is 2.56. The highest BCUT2D eigenvalue weighted by Crippen LogP contribution is 2.23. The summed E-state index contributed by atoms with van der Waals surface area (Å²) in [5.41, 5.74) is -1.09. The number of aromatic hydroxyl groups is 1. The highest BCUT2D eigenvalue weighted by molar-refractivity contribution is 6.06. The largest absolute Gasteiger partial charge is 0.507 e. The predicted octanol–water partition coefficient (Wildman–Crippen LogP) is 3.20. The number of amides is 1. The molecule has 0 aromatic heterocycles. The SMILES string of the molecule is O=C(Nc1cc(F)c(F)c(F)c1)c1c(O)cccc1F. The van der Waals surface area contributed by atoms with Gasteiger partial charge in [-0.1, -0.05) is 6.07 Å². The standard InChI is InChI=1S/C13H7F4NO2/c14-7-2-1-3-10(19)11(7)13(20)18-6-4-8(15)12(17)9(16)5-6/h1-5,19H,(H,18,20). The van der Waals surface area contributed by atoms with E-state index in [-0.39, 0.29) is 0 Å². The van der Waals surface area contributed by atoms with Crippen LogP contribution in [0, 0.1) is 23.3 Å². The lowest BCUT2D eigenvalue weighted by Gasteiger charge is -2.08. The maximum Gasteiger partial charge on any atom is 0.262 e. The average Bonchev–Trinajstić information content (AvgIpc) is 2.35. The zero-order chi connectivity index (χ0) is 14.9. The smallest absolute Gasteiger partial charge is 0.262 e. The van der Waals surface area contributed by atoms with Crippen LogP contribution >= 0.6 is 0 Å². The summed E-state index contributed by atoms with van der Waals surface area (Å²) in [7, 11) is 0. The van der Waals surface area contributed by atoms with Gasteiger partial charge in [-0.15, -0.1) is 0 Å². The molecule has 2 aromatic carbocycles. The molecule has 0 unspecified atom stereocenters. The van der Waals surface area contributed by atoms with Gasteiger partial charge in [-0.3, -0.25) is 4.79 Å². The fourth-order valence-corrected chi connectivity index (χ4v) is 1.56. The molecule has 2 N–H and O–H groups in total. The summed E-state index contributed by atoms with van der Waals surface area (Å²) < 4.78 is 52.1. The number of hydrogen-bond acceptors (Lipinski definition) is 2. The van der Waals surface area contributed by atoms with E-state index in [1.807, 2.05) is 5.32 Å². The lowest BCUT2D eigenvalue weighted by Crippen LogP contribution is -2.14. The molecular formula is C13H7F4NO2. The van der Waals surface area contributed by atoms with Gasteiger partial charge in [-0.25, -0.2) is 17.6 Å². The number of carbonyl (C=O) groups is 1. The molecule has 20 heavy (non-hydrogen) atoms. The Morgan fingerprint density at radius 2 is 1.60 bits per heavy atom. The summed E-state index contributed by atoms with van der Waals surface area (Å²) in [6.07, 6.45) is 0. The molecular weight excluding hydrogens is 278 g/mol. The number of phenolic OH excluding ortho intramolecular Hbond substituents is 1. The fraction of sp³-hybridized carbons (Fsp3) is 0. The minimum Gasteiger partial charge on any atom is -0.507 e. The first kappa shape index (κ1) is 13.9. The second kappa shape index (κ2) is 5.20. The summed E-state index contributed by atoms with van der Waals surface area (Å²) in [5, 5.41) is 11.3. The molecule has 0 aliphatic heterocycles. The van der Waals surface area contributed by atoms with Crippen molar-refractivity contribution in [3.63, 3.8) is 0 Å². The first-order valence-corrected chi connectivity index (χ1v) is 5.33. The predicted molar refractivity (Wildman–Crippen MR) is 62.3 cm³/mol. The van der Waals surface area contributed by atoms with Crippen LogP contribution in [0.1, 0.15) is 10.4 Å². The van der Waals surface area contributed by atoms with E-state index in [4.69, 9.17) is 0 Å². The van der Waals surface area contributed by atoms with E-state index in [1.54, 1.807) is 0 Å². The van der Waals surface area contributed by atoms with Crippen molar-refractivity contribution in [2.45, 2.75) is 0 Å². The van der Waals surface area contributed by atoms with Crippen LogP contribution in [-0.2, 0) is 0 Å². The third-order valence-corrected chi connectivity index (χ3v) is 2.46. The summed E-state index contributed by atoms with van der Waals surface area (Å²) >= 11 is 0. The normalized spacial score (nSPS) is 10.4. The molecule has 0 atom stereocenters. The van der Waals surface area contributed by atoms with Crippen molar-refractivity contribution in [1.82, 2.24) is 0 Å². The molecule has 0 heterocycles. The van der Waals surface area contributed by atoms with Crippen molar-refractivity contribution >= 4 is 11.6 Å². The van der Waals surface area contributed by atoms with Crippen molar-refractivity contribution in [2.24, 2.45) is 0 Å². The van der Waals surface area contributed by atoms with Crippen LogP contribution in [0.2, 0.25) is 0 Å². The molecule has 0 saturated carbocycles. The third-order valence-electron chi connectivity index (χ3n) is 2.46. The number of anilines is 1. The Bertz CT molecular complexity index is 645. The van der Waals surface area contributed by atoms with Crippen LogP contribution in [0.3, 0.4) is 0 Å². The minimum atomic E-state index is -1.68. The Hall–Kier alpha value is -2.57. The van der Waals surface area contributed by atoms with Gasteiger partial charge < -0.3 is 10.4 Å². The topological polar surface area (TPSA) is 49.3 Å². The maximum absolute atomic E-state index is 13.4. The minimum absolute atomic E-state index is 0.408. The second-order valence-corrected chi connectivity index (χ2v) is 3.84. The number of hydrogen-bond donors (Lipinski definition) is 2. The average molecular weight is 285 g/mol. The van der Waals surface area contributed by atoms with Crippen LogP contribution in [0.5, 0.6) is 5.75 Å². The number of phenols is 1. The van der Waals surface area contributed by atoms with E-state index in [2.05, 4.69) is 0 Å². The first-order valence-electron chi connectivity index (χ1n) is 5.33. The highest BCUT2D eigenvalue weighted by Gasteiger charge is 2.18. The monoisotopic (exact) mass is 285 g/mol. The summed E-state index contributed by atoms with van der Waals surface area (Å²) in [5.74, 6) is -7.45. The van der Waals surface area contributed by atoms with Crippen LogP contribution in [0.15, 0.2) is 30.3 Å². The van der Waals surface area contributed by atoms with E-state index < -0.39 is 46.2 Å². The summed E-state index contributed by atoms with van der Waals surface area (Å²) in [6, 6.07) is 4.26. The van der Waals surface area contributed by atoms with Gasteiger partial charge in [0.25, 0.3) is 5.91 Å². The van der Waals surface area contributed by atoms with E-state index in [0.717, 1.165) is 12.1 Å². The Kier molecular flexibility index (Phi) is 3.60. The van der Waals surface area contributed by atoms with Gasteiger partial charge in [0.05, 0.1) is 0 Å². The van der Waals surface area contributed by atoms with Gasteiger partial charge in [-0.2, -0.15) is 0 Å². The van der Waals surface area contributed by atoms with E-state index in [0.29, 0.717) is 12.1 Å². The van der Waals surface area contributed by atoms with Crippen LogP contribution < -0.4 is 5.32 Å². The summed E-state index contributed by atoms with van der Waals surface area (Å²) in [6.45, 7) is 0. The Morgan fingerprint density at radius 1 is 1.00 bits per heavy atom. The maximum atomic E-state index is 13.4. The molecule has 7 heteroatoms. The molecule has 0 aliphatic rings. The van der Waals surface area contributed by atoms with Crippen molar-refractivity contribution in [3.8, 4) is 5.75 Å². The quantitative estimate of drug-likeness (QED) is 0.657. The molecule has 2 aromatic rings. The van der Waals surface area contributed by atoms with Gasteiger partial charge in [0.1, 0.15) is 17.1 Å². The van der Waals surface area contributed by atoms with Gasteiger partial charge in [0.2, 0.25) is 0 Å². The summed E-state index contributed by atoms with van der Waals surface area (Å²) in [4.78, 5) is 11.7. The van der Waals surface area contributed by atoms with Crippen molar-refractivity contribution in [2.75, 3.05) is 5.32 Å². The molecule has 104 valence electrons. The molecule has 0 bridgehead atoms. The molecule has 0 radical (unpaired) electrons. The molecule has 0 aliphatic carbocycles. The van der Waals surface area contributed by atoms with Crippen LogP contribution in [-0.4, -0.2) is 11.0 Å². The fourth-order valence-electron chi connectivity index (χ4n) is 1.56. The molecule has 2 rings (SSSR count). The van der Waals surface area contributed by atoms with Crippen molar-refractivity contribution < 1.29 is 27.5 Å². The number of halogens is 4. The Labute approximate surface area is 110 Å². The van der Waals surface area contributed by atoms with E-state index in [9.17, 15) is 27.5 Å².